The van der Waals surface area contributed by atoms with Crippen LogP contribution in [-0.2, 0) is 6.42 Å². The summed E-state index contributed by atoms with van der Waals surface area (Å²) in [5.41, 5.74) is 4.07. The molecule has 1 heteroatoms. The van der Waals surface area contributed by atoms with Crippen molar-refractivity contribution in [2.24, 2.45) is 0 Å². The summed E-state index contributed by atoms with van der Waals surface area (Å²) in [6, 6.07) is 6.51. The Morgan fingerprint density at radius 3 is 2.89 bits per heavy atom. The van der Waals surface area contributed by atoms with E-state index in [1.807, 2.05) is 0 Å². The molecule has 1 aliphatic rings. The van der Waals surface area contributed by atoms with Gasteiger partial charge in [0.15, 0.2) is 0 Å². The van der Waals surface area contributed by atoms with Crippen LogP contribution in [-0.4, -0.2) is 0 Å². The first-order valence-electron chi connectivity index (χ1n) is 7.27. The Balaban J connectivity index is 1.92. The molecule has 0 radical (unpaired) electrons. The molecule has 0 atom stereocenters. The first-order chi connectivity index (χ1) is 9.29. The lowest BCUT2D eigenvalue weighted by Crippen LogP contribution is -1.98. The minimum absolute atomic E-state index is 1.05. The number of hydrogen-bond acceptors (Lipinski definition) is 0. The van der Waals surface area contributed by atoms with E-state index in [0.717, 1.165) is 19.3 Å². The van der Waals surface area contributed by atoms with Crippen molar-refractivity contribution in [2.75, 3.05) is 0 Å². The second-order valence-electron chi connectivity index (χ2n) is 5.13. The Bertz CT molecular complexity index is 514. The van der Waals surface area contributed by atoms with Gasteiger partial charge in [-0.1, -0.05) is 60.0 Å². The van der Waals surface area contributed by atoms with E-state index >= 15 is 0 Å². The number of benzene rings is 1. The van der Waals surface area contributed by atoms with Gasteiger partial charge in [-0.15, -0.1) is 0 Å². The maximum atomic E-state index is 3.53. The second kappa shape index (κ2) is 7.56. The molecule has 1 aromatic rings. The lowest BCUT2D eigenvalue weighted by atomic mass is 9.92. The van der Waals surface area contributed by atoms with Crippen molar-refractivity contribution in [3.63, 3.8) is 0 Å². The summed E-state index contributed by atoms with van der Waals surface area (Å²) >= 11 is 3.53. The zero-order chi connectivity index (χ0) is 13.5. The molecule has 0 heterocycles. The van der Waals surface area contributed by atoms with Crippen LogP contribution in [0.25, 0.3) is 6.08 Å². The summed E-state index contributed by atoms with van der Waals surface area (Å²) in [6.07, 6.45) is 10.7. The standard InChI is InChI=1S/C18H21Br/c1-2-3-4-5-6-7-8-15-9-10-17-14-18(19)12-11-16(17)13-15/h11-14H,2-6,9-10H2,1H3. The SMILES string of the molecule is CCCCCCC#CC1=Cc2ccc(Br)cc2CC1. The van der Waals surface area contributed by atoms with E-state index in [1.54, 1.807) is 0 Å². The third-order valence-corrected chi connectivity index (χ3v) is 4.00. The first kappa shape index (κ1) is 14.4. The van der Waals surface area contributed by atoms with Gasteiger partial charge in [-0.3, -0.25) is 0 Å². The predicted octanol–water partition coefficient (Wildman–Crippen LogP) is 5.75. The van der Waals surface area contributed by atoms with Crippen molar-refractivity contribution in [3.05, 3.63) is 39.4 Å². The number of aryl methyl sites for hydroxylation is 1. The molecule has 0 nitrogen and oxygen atoms in total. The number of unbranched alkanes of at least 4 members (excludes halogenated alkanes) is 4. The molecule has 1 aliphatic carbocycles. The Morgan fingerprint density at radius 1 is 1.16 bits per heavy atom. The van der Waals surface area contributed by atoms with Crippen LogP contribution in [0.3, 0.4) is 0 Å². The molecule has 0 bridgehead atoms. The van der Waals surface area contributed by atoms with Crippen LogP contribution in [0.1, 0.15) is 56.6 Å². The van der Waals surface area contributed by atoms with E-state index in [0.29, 0.717) is 0 Å². The summed E-state index contributed by atoms with van der Waals surface area (Å²) in [5.74, 6) is 6.68. The monoisotopic (exact) mass is 316 g/mol. The van der Waals surface area contributed by atoms with E-state index < -0.39 is 0 Å². The molecule has 0 amide bonds. The number of rotatable bonds is 4. The first-order valence-corrected chi connectivity index (χ1v) is 8.07. The molecule has 0 saturated carbocycles. The maximum absolute atomic E-state index is 3.53. The third kappa shape index (κ3) is 4.55. The number of hydrogen-bond donors (Lipinski definition) is 0. The fourth-order valence-corrected chi connectivity index (χ4v) is 2.78. The van der Waals surface area contributed by atoms with Gasteiger partial charge in [-0.05, 0) is 48.6 Å². The van der Waals surface area contributed by atoms with Crippen molar-refractivity contribution in [2.45, 2.75) is 51.9 Å². The molecule has 19 heavy (non-hydrogen) atoms. The minimum Gasteiger partial charge on any atom is -0.0982 e. The van der Waals surface area contributed by atoms with Gasteiger partial charge in [0.1, 0.15) is 0 Å². The molecule has 1 aromatic carbocycles. The van der Waals surface area contributed by atoms with Gasteiger partial charge in [0.25, 0.3) is 0 Å². The molecule has 0 N–H and O–H groups in total. The molecular formula is C18H21Br. The number of fused-ring (bicyclic) bond motifs is 1. The maximum Gasteiger partial charge on any atom is 0.0178 e. The highest BCUT2D eigenvalue weighted by Crippen LogP contribution is 2.26. The topological polar surface area (TPSA) is 0 Å². The second-order valence-corrected chi connectivity index (χ2v) is 6.04. The fraction of sp³-hybridized carbons (Fsp3) is 0.444. The molecule has 100 valence electrons. The summed E-state index contributed by atoms with van der Waals surface area (Å²) < 4.78 is 1.17. The van der Waals surface area contributed by atoms with Gasteiger partial charge < -0.3 is 0 Å². The van der Waals surface area contributed by atoms with E-state index in [2.05, 4.69) is 59.0 Å². The van der Waals surface area contributed by atoms with E-state index in [1.165, 1.54) is 46.9 Å². The van der Waals surface area contributed by atoms with Gasteiger partial charge in [-0.2, -0.15) is 0 Å². The molecule has 0 aromatic heterocycles. The quantitative estimate of drug-likeness (QED) is 0.490. The molecular weight excluding hydrogens is 296 g/mol. The molecule has 2 rings (SSSR count). The van der Waals surface area contributed by atoms with Gasteiger partial charge in [0, 0.05) is 16.5 Å². The Kier molecular flexibility index (Phi) is 5.73. The van der Waals surface area contributed by atoms with Crippen LogP contribution < -0.4 is 0 Å². The zero-order valence-electron chi connectivity index (χ0n) is 11.6. The van der Waals surface area contributed by atoms with Crippen molar-refractivity contribution >= 4 is 22.0 Å². The van der Waals surface area contributed by atoms with Crippen molar-refractivity contribution < 1.29 is 0 Å². The average Bonchev–Trinajstić information content (AvgIpc) is 2.43. The smallest absolute Gasteiger partial charge is 0.0178 e. The molecule has 0 unspecified atom stereocenters. The van der Waals surface area contributed by atoms with E-state index in [4.69, 9.17) is 0 Å². The molecule has 0 saturated heterocycles. The summed E-state index contributed by atoms with van der Waals surface area (Å²) in [5, 5.41) is 0. The average molecular weight is 317 g/mol. The zero-order valence-corrected chi connectivity index (χ0v) is 13.2. The Labute approximate surface area is 125 Å². The van der Waals surface area contributed by atoms with Gasteiger partial charge >= 0.3 is 0 Å². The summed E-state index contributed by atoms with van der Waals surface area (Å²) in [4.78, 5) is 0. The highest BCUT2D eigenvalue weighted by molar-refractivity contribution is 9.10. The number of halogens is 1. The Hall–Kier alpha value is -1.00. The fourth-order valence-electron chi connectivity index (χ4n) is 2.38. The summed E-state index contributed by atoms with van der Waals surface area (Å²) in [6.45, 7) is 2.24. The largest absolute Gasteiger partial charge is 0.0982 e. The van der Waals surface area contributed by atoms with Crippen LogP contribution in [0.4, 0.5) is 0 Å². The predicted molar refractivity (Wildman–Crippen MR) is 87.0 cm³/mol. The minimum atomic E-state index is 1.05. The van der Waals surface area contributed by atoms with Gasteiger partial charge in [0.05, 0.1) is 0 Å². The van der Waals surface area contributed by atoms with Gasteiger partial charge in [-0.25, -0.2) is 0 Å². The van der Waals surface area contributed by atoms with Crippen molar-refractivity contribution in [1.82, 2.24) is 0 Å². The lowest BCUT2D eigenvalue weighted by molar-refractivity contribution is 0.679. The van der Waals surface area contributed by atoms with Crippen LogP contribution in [0.5, 0.6) is 0 Å². The number of allylic oxidation sites excluding steroid dienone is 1. The third-order valence-electron chi connectivity index (χ3n) is 3.50. The lowest BCUT2D eigenvalue weighted by Gasteiger charge is -2.13. The van der Waals surface area contributed by atoms with Crippen molar-refractivity contribution in [3.8, 4) is 11.8 Å². The summed E-state index contributed by atoms with van der Waals surface area (Å²) in [7, 11) is 0. The highest BCUT2D eigenvalue weighted by atomic mass is 79.9. The molecule has 0 fully saturated rings. The van der Waals surface area contributed by atoms with Crippen molar-refractivity contribution in [1.29, 1.82) is 0 Å². The van der Waals surface area contributed by atoms with Crippen LogP contribution in [0, 0.1) is 11.8 Å². The van der Waals surface area contributed by atoms with Crippen LogP contribution in [0.2, 0.25) is 0 Å². The molecule has 0 aliphatic heterocycles. The van der Waals surface area contributed by atoms with Crippen LogP contribution >= 0.6 is 15.9 Å². The van der Waals surface area contributed by atoms with E-state index in [-0.39, 0.29) is 0 Å². The Morgan fingerprint density at radius 2 is 2.05 bits per heavy atom. The van der Waals surface area contributed by atoms with E-state index in [9.17, 15) is 0 Å². The normalized spacial score (nSPS) is 13.3. The highest BCUT2D eigenvalue weighted by Gasteiger charge is 2.08. The molecule has 0 spiro atoms. The van der Waals surface area contributed by atoms with Crippen LogP contribution in [0.15, 0.2) is 28.2 Å². The van der Waals surface area contributed by atoms with Gasteiger partial charge in [0.2, 0.25) is 0 Å².